The lowest BCUT2D eigenvalue weighted by molar-refractivity contribution is 0.111. The first-order chi connectivity index (χ1) is 6.29. The van der Waals surface area contributed by atoms with Crippen LogP contribution in [0.4, 0.5) is 0 Å². The Hall–Kier alpha value is -1.09. The van der Waals surface area contributed by atoms with E-state index in [4.69, 9.17) is 16.3 Å². The number of pyridine rings is 1. The molecule has 2 rings (SSSR count). The van der Waals surface area contributed by atoms with Crippen LogP contribution in [0, 0.1) is 0 Å². The van der Waals surface area contributed by atoms with E-state index in [1.165, 1.54) is 6.20 Å². The monoisotopic (exact) mass is 197 g/mol. The highest BCUT2D eigenvalue weighted by Gasteiger charge is 2.24. The van der Waals surface area contributed by atoms with Crippen molar-refractivity contribution in [1.82, 2.24) is 4.98 Å². The van der Waals surface area contributed by atoms with Gasteiger partial charge in [-0.1, -0.05) is 11.6 Å². The molecule has 1 saturated carbocycles. The number of hydrogen-bond acceptors (Lipinski definition) is 3. The number of nitrogens with zero attached hydrogens (tertiary/aromatic N) is 1. The van der Waals surface area contributed by atoms with Gasteiger partial charge in [-0.15, -0.1) is 0 Å². The van der Waals surface area contributed by atoms with Crippen LogP contribution in [-0.2, 0) is 0 Å². The second kappa shape index (κ2) is 3.34. The molecule has 0 aliphatic heterocycles. The molecule has 0 saturated heterocycles. The lowest BCUT2D eigenvalue weighted by Crippen LogP contribution is -1.99. The second-order valence-corrected chi connectivity index (χ2v) is 3.37. The van der Waals surface area contributed by atoms with Gasteiger partial charge in [0.2, 0.25) is 0 Å². The lowest BCUT2D eigenvalue weighted by atomic mass is 10.3. The standard InChI is InChI=1S/C9H8ClNO2/c10-9-3-8(13-7-1-2-7)6(5-12)4-11-9/h3-5,7H,1-2H2. The van der Waals surface area contributed by atoms with E-state index in [0.29, 0.717) is 16.5 Å². The molecule has 1 aromatic rings. The van der Waals surface area contributed by atoms with Crippen molar-refractivity contribution in [2.45, 2.75) is 18.9 Å². The van der Waals surface area contributed by atoms with Gasteiger partial charge < -0.3 is 4.74 Å². The molecule has 68 valence electrons. The van der Waals surface area contributed by atoms with Crippen molar-refractivity contribution in [2.75, 3.05) is 0 Å². The minimum atomic E-state index is 0.261. The van der Waals surface area contributed by atoms with Gasteiger partial charge in [0.15, 0.2) is 6.29 Å². The van der Waals surface area contributed by atoms with Crippen LogP contribution in [0.25, 0.3) is 0 Å². The lowest BCUT2D eigenvalue weighted by Gasteiger charge is -2.05. The molecule has 1 heterocycles. The van der Waals surface area contributed by atoms with Gasteiger partial charge in [0, 0.05) is 12.3 Å². The third-order valence-electron chi connectivity index (χ3n) is 1.81. The summed E-state index contributed by atoms with van der Waals surface area (Å²) in [6.07, 6.45) is 4.52. The number of ether oxygens (including phenoxy) is 1. The average Bonchev–Trinajstić information content (AvgIpc) is 2.89. The van der Waals surface area contributed by atoms with Crippen LogP contribution in [0.5, 0.6) is 5.75 Å². The van der Waals surface area contributed by atoms with Crippen LogP contribution >= 0.6 is 11.6 Å². The highest BCUT2D eigenvalue weighted by Crippen LogP contribution is 2.29. The first-order valence-electron chi connectivity index (χ1n) is 4.07. The van der Waals surface area contributed by atoms with E-state index < -0.39 is 0 Å². The normalized spacial score (nSPS) is 15.5. The van der Waals surface area contributed by atoms with Gasteiger partial charge >= 0.3 is 0 Å². The van der Waals surface area contributed by atoms with Gasteiger partial charge in [-0.25, -0.2) is 4.98 Å². The Morgan fingerprint density at radius 2 is 2.38 bits per heavy atom. The average molecular weight is 198 g/mol. The molecule has 0 unspecified atom stereocenters. The van der Waals surface area contributed by atoms with Crippen LogP contribution in [0.3, 0.4) is 0 Å². The zero-order chi connectivity index (χ0) is 9.26. The summed E-state index contributed by atoms with van der Waals surface area (Å²) < 4.78 is 5.47. The molecule has 1 aliphatic rings. The maximum Gasteiger partial charge on any atom is 0.155 e. The minimum Gasteiger partial charge on any atom is -0.490 e. The SMILES string of the molecule is O=Cc1cnc(Cl)cc1OC1CC1. The number of aldehydes is 1. The van der Waals surface area contributed by atoms with Crippen molar-refractivity contribution in [3.63, 3.8) is 0 Å². The smallest absolute Gasteiger partial charge is 0.155 e. The molecule has 4 heteroatoms. The molecule has 13 heavy (non-hydrogen) atoms. The maximum atomic E-state index is 10.6. The summed E-state index contributed by atoms with van der Waals surface area (Å²) in [5.74, 6) is 0.539. The molecule has 0 amide bonds. The van der Waals surface area contributed by atoms with Crippen molar-refractivity contribution < 1.29 is 9.53 Å². The largest absolute Gasteiger partial charge is 0.490 e. The fourth-order valence-corrected chi connectivity index (χ4v) is 1.13. The number of carbonyl (C=O) groups is 1. The van der Waals surface area contributed by atoms with Crippen LogP contribution in [0.1, 0.15) is 23.2 Å². The van der Waals surface area contributed by atoms with Crippen LogP contribution in [-0.4, -0.2) is 17.4 Å². The molecule has 1 aliphatic carbocycles. The Labute approximate surface area is 80.7 Å². The van der Waals surface area contributed by atoms with Gasteiger partial charge in [-0.3, -0.25) is 4.79 Å². The maximum absolute atomic E-state index is 10.6. The van der Waals surface area contributed by atoms with E-state index in [1.807, 2.05) is 0 Å². The summed E-state index contributed by atoms with van der Waals surface area (Å²) in [5, 5.41) is 0.348. The molecule has 0 radical (unpaired) electrons. The summed E-state index contributed by atoms with van der Waals surface area (Å²) in [7, 11) is 0. The minimum absolute atomic E-state index is 0.261. The summed E-state index contributed by atoms with van der Waals surface area (Å²) in [5.41, 5.74) is 0.455. The van der Waals surface area contributed by atoms with E-state index in [0.717, 1.165) is 19.1 Å². The van der Waals surface area contributed by atoms with Gasteiger partial charge in [-0.05, 0) is 12.8 Å². The molecule has 0 N–H and O–H groups in total. The van der Waals surface area contributed by atoms with E-state index >= 15 is 0 Å². The Bertz CT molecular complexity index is 336. The van der Waals surface area contributed by atoms with Crippen LogP contribution in [0.15, 0.2) is 12.3 Å². The fraction of sp³-hybridized carbons (Fsp3) is 0.333. The molecule has 0 atom stereocenters. The molecule has 1 aromatic heterocycles. The summed E-state index contributed by atoms with van der Waals surface area (Å²) in [4.78, 5) is 14.4. The van der Waals surface area contributed by atoms with Crippen LogP contribution in [0.2, 0.25) is 5.15 Å². The van der Waals surface area contributed by atoms with Gasteiger partial charge in [0.1, 0.15) is 10.9 Å². The summed E-state index contributed by atoms with van der Waals surface area (Å²) >= 11 is 5.67. The Morgan fingerprint density at radius 1 is 1.62 bits per heavy atom. The molecule has 0 bridgehead atoms. The number of carbonyl (C=O) groups excluding carboxylic acids is 1. The zero-order valence-electron chi connectivity index (χ0n) is 6.87. The predicted octanol–water partition coefficient (Wildman–Crippen LogP) is 2.09. The summed E-state index contributed by atoms with van der Waals surface area (Å²) in [6.45, 7) is 0. The number of hydrogen-bond donors (Lipinski definition) is 0. The highest BCUT2D eigenvalue weighted by molar-refractivity contribution is 6.29. The first kappa shape index (κ1) is 8.51. The topological polar surface area (TPSA) is 39.2 Å². The van der Waals surface area contributed by atoms with Crippen molar-refractivity contribution in [3.05, 3.63) is 23.0 Å². The quantitative estimate of drug-likeness (QED) is 0.550. The highest BCUT2D eigenvalue weighted by atomic mass is 35.5. The number of rotatable bonds is 3. The Kier molecular flexibility index (Phi) is 2.19. The van der Waals surface area contributed by atoms with E-state index in [2.05, 4.69) is 4.98 Å². The third kappa shape index (κ3) is 1.98. The van der Waals surface area contributed by atoms with Crippen molar-refractivity contribution in [2.24, 2.45) is 0 Å². The molecule has 3 nitrogen and oxygen atoms in total. The van der Waals surface area contributed by atoms with E-state index in [9.17, 15) is 4.79 Å². The Morgan fingerprint density at radius 3 is 3.00 bits per heavy atom. The number of halogens is 1. The van der Waals surface area contributed by atoms with Crippen molar-refractivity contribution in [3.8, 4) is 5.75 Å². The molecule has 0 aromatic carbocycles. The molecular weight excluding hydrogens is 190 g/mol. The summed E-state index contributed by atoms with van der Waals surface area (Å²) in [6, 6.07) is 1.57. The number of aromatic nitrogens is 1. The second-order valence-electron chi connectivity index (χ2n) is 2.98. The molecule has 1 fully saturated rings. The van der Waals surface area contributed by atoms with Crippen molar-refractivity contribution in [1.29, 1.82) is 0 Å². The Balaban J connectivity index is 2.27. The third-order valence-corrected chi connectivity index (χ3v) is 2.01. The zero-order valence-corrected chi connectivity index (χ0v) is 7.62. The van der Waals surface area contributed by atoms with Gasteiger partial charge in [-0.2, -0.15) is 0 Å². The first-order valence-corrected chi connectivity index (χ1v) is 4.45. The van der Waals surface area contributed by atoms with Crippen LogP contribution < -0.4 is 4.74 Å². The molecular formula is C9H8ClNO2. The van der Waals surface area contributed by atoms with E-state index in [1.54, 1.807) is 6.07 Å². The van der Waals surface area contributed by atoms with Gasteiger partial charge in [0.25, 0.3) is 0 Å². The molecule has 0 spiro atoms. The van der Waals surface area contributed by atoms with E-state index in [-0.39, 0.29) is 6.10 Å². The fourth-order valence-electron chi connectivity index (χ4n) is 0.980. The van der Waals surface area contributed by atoms with Crippen molar-refractivity contribution >= 4 is 17.9 Å². The predicted molar refractivity (Wildman–Crippen MR) is 48.3 cm³/mol. The van der Waals surface area contributed by atoms with Gasteiger partial charge in [0.05, 0.1) is 11.7 Å².